The molecule has 0 unspecified atom stereocenters. The van der Waals surface area contributed by atoms with Crippen LogP contribution < -0.4 is 0 Å². The quantitative estimate of drug-likeness (QED) is 0.742. The van der Waals surface area contributed by atoms with Crippen molar-refractivity contribution >= 4 is 15.7 Å². The smallest absolute Gasteiger partial charge is 0.253 e. The summed E-state index contributed by atoms with van der Waals surface area (Å²) in [7, 11) is -2.94. The third-order valence-corrected chi connectivity index (χ3v) is 5.60. The van der Waals surface area contributed by atoms with Gasteiger partial charge in [0.2, 0.25) is 0 Å². The first kappa shape index (κ1) is 19.9. The lowest BCUT2D eigenvalue weighted by atomic mass is 10.1. The number of rotatable bonds is 7. The third kappa shape index (κ3) is 6.78. The Morgan fingerprint density at radius 3 is 2.44 bits per heavy atom. The molecule has 1 aliphatic heterocycles. The Hall–Kier alpha value is -1.40. The van der Waals surface area contributed by atoms with E-state index < -0.39 is 9.84 Å². The Balaban J connectivity index is 1.89. The molecule has 1 saturated heterocycles. The number of amides is 1. The highest BCUT2D eigenvalue weighted by molar-refractivity contribution is 7.90. The first-order valence-electron chi connectivity index (χ1n) is 9.17. The molecule has 0 aliphatic carbocycles. The molecule has 0 atom stereocenters. The SMILES string of the molecule is CCCCc1ccc(C(=O)N2CCCN(CCS(C)(=O)=O)CC2)cc1. The maximum atomic E-state index is 12.7. The van der Waals surface area contributed by atoms with Crippen molar-refractivity contribution < 1.29 is 13.2 Å². The monoisotopic (exact) mass is 366 g/mol. The summed E-state index contributed by atoms with van der Waals surface area (Å²) in [6.07, 6.45) is 5.55. The molecule has 1 aromatic rings. The van der Waals surface area contributed by atoms with Gasteiger partial charge >= 0.3 is 0 Å². The molecule has 6 heteroatoms. The Morgan fingerprint density at radius 2 is 1.80 bits per heavy atom. The van der Waals surface area contributed by atoms with Crippen molar-refractivity contribution in [3.63, 3.8) is 0 Å². The van der Waals surface area contributed by atoms with Crippen LogP contribution in [0.1, 0.15) is 42.1 Å². The number of nitrogens with zero attached hydrogens (tertiary/aromatic N) is 2. The summed E-state index contributed by atoms with van der Waals surface area (Å²) in [5.41, 5.74) is 2.02. The number of carbonyl (C=O) groups is 1. The van der Waals surface area contributed by atoms with Crippen LogP contribution in [0, 0.1) is 0 Å². The predicted octanol–water partition coefficient (Wildman–Crippen LogP) is 2.22. The molecular weight excluding hydrogens is 336 g/mol. The van der Waals surface area contributed by atoms with Crippen LogP contribution in [-0.2, 0) is 16.3 Å². The topological polar surface area (TPSA) is 57.7 Å². The molecule has 0 radical (unpaired) electrons. The van der Waals surface area contributed by atoms with Gasteiger partial charge in [0, 0.05) is 38.0 Å². The molecule has 1 heterocycles. The maximum absolute atomic E-state index is 12.7. The lowest BCUT2D eigenvalue weighted by molar-refractivity contribution is 0.0761. The lowest BCUT2D eigenvalue weighted by Crippen LogP contribution is -2.36. The molecule has 140 valence electrons. The fourth-order valence-corrected chi connectivity index (χ4v) is 3.66. The number of hydrogen-bond donors (Lipinski definition) is 0. The van der Waals surface area contributed by atoms with E-state index in [0.717, 1.165) is 38.0 Å². The van der Waals surface area contributed by atoms with Gasteiger partial charge in [-0.25, -0.2) is 8.42 Å². The van der Waals surface area contributed by atoms with Crippen molar-refractivity contribution in [2.75, 3.05) is 44.7 Å². The largest absolute Gasteiger partial charge is 0.337 e. The molecule has 0 N–H and O–H groups in total. The van der Waals surface area contributed by atoms with Crippen LogP contribution >= 0.6 is 0 Å². The van der Waals surface area contributed by atoms with Gasteiger partial charge in [-0.05, 0) is 43.5 Å². The Labute approximate surface area is 151 Å². The van der Waals surface area contributed by atoms with E-state index >= 15 is 0 Å². The minimum atomic E-state index is -2.94. The van der Waals surface area contributed by atoms with Crippen LogP contribution in [0.3, 0.4) is 0 Å². The molecule has 2 rings (SSSR count). The molecule has 0 spiro atoms. The maximum Gasteiger partial charge on any atom is 0.253 e. The van der Waals surface area contributed by atoms with Crippen molar-refractivity contribution in [2.45, 2.75) is 32.6 Å². The molecule has 0 aromatic heterocycles. The van der Waals surface area contributed by atoms with Gasteiger partial charge in [0.05, 0.1) is 5.75 Å². The minimum Gasteiger partial charge on any atom is -0.337 e. The molecular formula is C19H30N2O3S. The summed E-state index contributed by atoms with van der Waals surface area (Å²) < 4.78 is 22.6. The van der Waals surface area contributed by atoms with Gasteiger partial charge < -0.3 is 9.80 Å². The van der Waals surface area contributed by atoms with E-state index in [0.29, 0.717) is 13.1 Å². The number of unbranched alkanes of at least 4 members (excludes halogenated alkanes) is 1. The zero-order chi connectivity index (χ0) is 18.3. The van der Waals surface area contributed by atoms with Crippen molar-refractivity contribution in [1.82, 2.24) is 9.80 Å². The van der Waals surface area contributed by atoms with Gasteiger partial charge in [0.25, 0.3) is 5.91 Å². The highest BCUT2D eigenvalue weighted by atomic mass is 32.2. The average Bonchev–Trinajstić information content (AvgIpc) is 2.83. The Bertz CT molecular complexity index is 656. The van der Waals surface area contributed by atoms with Crippen molar-refractivity contribution in [2.24, 2.45) is 0 Å². The standard InChI is InChI=1S/C19H30N2O3S/c1-3-4-6-17-7-9-18(10-8-17)19(22)21-12-5-11-20(13-14-21)15-16-25(2,23)24/h7-10H,3-6,11-16H2,1-2H3. The summed E-state index contributed by atoms with van der Waals surface area (Å²) >= 11 is 0. The van der Waals surface area contributed by atoms with Crippen LogP contribution in [-0.4, -0.2) is 68.9 Å². The van der Waals surface area contributed by atoms with E-state index in [1.807, 2.05) is 17.0 Å². The first-order valence-corrected chi connectivity index (χ1v) is 11.2. The second kappa shape index (κ2) is 9.34. The third-order valence-electron chi connectivity index (χ3n) is 4.67. The molecule has 1 fully saturated rings. The summed E-state index contributed by atoms with van der Waals surface area (Å²) in [5, 5.41) is 0. The molecule has 0 saturated carbocycles. The van der Waals surface area contributed by atoms with Gasteiger partial charge in [-0.15, -0.1) is 0 Å². The van der Waals surface area contributed by atoms with Gasteiger partial charge in [-0.2, -0.15) is 0 Å². The number of benzene rings is 1. The number of aryl methyl sites for hydroxylation is 1. The fourth-order valence-electron chi connectivity index (χ4n) is 3.07. The normalized spacial score (nSPS) is 16.6. The summed E-state index contributed by atoms with van der Waals surface area (Å²) in [6, 6.07) is 7.97. The van der Waals surface area contributed by atoms with E-state index in [2.05, 4.69) is 24.0 Å². The van der Waals surface area contributed by atoms with E-state index in [9.17, 15) is 13.2 Å². The van der Waals surface area contributed by atoms with Gasteiger partial charge in [-0.3, -0.25) is 4.79 Å². The number of carbonyl (C=O) groups excluding carboxylic acids is 1. The van der Waals surface area contributed by atoms with E-state index in [1.165, 1.54) is 24.7 Å². The van der Waals surface area contributed by atoms with Gasteiger partial charge in [-0.1, -0.05) is 25.5 Å². The van der Waals surface area contributed by atoms with Crippen LogP contribution in [0.25, 0.3) is 0 Å². The molecule has 1 aliphatic rings. The van der Waals surface area contributed by atoms with Crippen LogP contribution in [0.5, 0.6) is 0 Å². The molecule has 25 heavy (non-hydrogen) atoms. The van der Waals surface area contributed by atoms with Gasteiger partial charge in [0.1, 0.15) is 9.84 Å². The van der Waals surface area contributed by atoms with Crippen molar-refractivity contribution in [3.05, 3.63) is 35.4 Å². The molecule has 0 bridgehead atoms. The second-order valence-electron chi connectivity index (χ2n) is 6.92. The minimum absolute atomic E-state index is 0.0759. The predicted molar refractivity (Wildman–Crippen MR) is 102 cm³/mol. The fraction of sp³-hybridized carbons (Fsp3) is 0.632. The second-order valence-corrected chi connectivity index (χ2v) is 9.18. The summed E-state index contributed by atoms with van der Waals surface area (Å²) in [6.45, 7) is 5.68. The number of sulfone groups is 1. The first-order chi connectivity index (χ1) is 11.9. The number of hydrogen-bond acceptors (Lipinski definition) is 4. The van der Waals surface area contributed by atoms with E-state index in [4.69, 9.17) is 0 Å². The Morgan fingerprint density at radius 1 is 1.08 bits per heavy atom. The van der Waals surface area contributed by atoms with Crippen molar-refractivity contribution in [3.8, 4) is 0 Å². The van der Waals surface area contributed by atoms with Crippen LogP contribution in [0.4, 0.5) is 0 Å². The summed E-state index contributed by atoms with van der Waals surface area (Å²) in [4.78, 5) is 16.7. The summed E-state index contributed by atoms with van der Waals surface area (Å²) in [5.74, 6) is 0.257. The highest BCUT2D eigenvalue weighted by Gasteiger charge is 2.20. The Kier molecular flexibility index (Phi) is 7.44. The molecule has 1 amide bonds. The van der Waals surface area contributed by atoms with Crippen LogP contribution in [0.2, 0.25) is 0 Å². The molecule has 5 nitrogen and oxygen atoms in total. The molecule has 1 aromatic carbocycles. The highest BCUT2D eigenvalue weighted by Crippen LogP contribution is 2.12. The van der Waals surface area contributed by atoms with E-state index in [1.54, 1.807) is 0 Å². The van der Waals surface area contributed by atoms with Crippen molar-refractivity contribution in [1.29, 1.82) is 0 Å². The van der Waals surface area contributed by atoms with Crippen LogP contribution in [0.15, 0.2) is 24.3 Å². The van der Waals surface area contributed by atoms with Gasteiger partial charge in [0.15, 0.2) is 0 Å². The zero-order valence-electron chi connectivity index (χ0n) is 15.4. The zero-order valence-corrected chi connectivity index (χ0v) is 16.2. The van der Waals surface area contributed by atoms with E-state index in [-0.39, 0.29) is 11.7 Å². The average molecular weight is 367 g/mol. The lowest BCUT2D eigenvalue weighted by Gasteiger charge is -2.22.